The van der Waals surface area contributed by atoms with Gasteiger partial charge in [-0.1, -0.05) is 19.9 Å². The van der Waals surface area contributed by atoms with Crippen molar-refractivity contribution in [2.45, 2.75) is 33.3 Å². The molecule has 0 aliphatic rings. The maximum absolute atomic E-state index is 9.03. The summed E-state index contributed by atoms with van der Waals surface area (Å²) in [5.74, 6) is 2.13. The molecule has 17 heavy (non-hydrogen) atoms. The molecule has 0 bridgehead atoms. The molecule has 0 spiro atoms. The fourth-order valence-corrected chi connectivity index (χ4v) is 1.60. The van der Waals surface area contributed by atoms with Gasteiger partial charge in [0, 0.05) is 0 Å². The van der Waals surface area contributed by atoms with Gasteiger partial charge in [-0.2, -0.15) is 0 Å². The van der Waals surface area contributed by atoms with E-state index in [0.717, 1.165) is 24.2 Å². The van der Waals surface area contributed by atoms with Crippen molar-refractivity contribution in [3.8, 4) is 11.5 Å². The van der Waals surface area contributed by atoms with Gasteiger partial charge in [-0.15, -0.1) is 0 Å². The van der Waals surface area contributed by atoms with Crippen LogP contribution in [-0.4, -0.2) is 18.8 Å². The van der Waals surface area contributed by atoms with E-state index in [2.05, 4.69) is 13.8 Å². The van der Waals surface area contributed by atoms with Crippen molar-refractivity contribution in [1.82, 2.24) is 0 Å². The molecule has 0 radical (unpaired) electrons. The van der Waals surface area contributed by atoms with Gasteiger partial charge in [0.15, 0.2) is 11.5 Å². The normalized spacial score (nSPS) is 10.6. The second-order valence-electron chi connectivity index (χ2n) is 4.53. The Balaban J connectivity index is 2.52. The van der Waals surface area contributed by atoms with E-state index in [1.165, 1.54) is 0 Å². The highest BCUT2D eigenvalue weighted by atomic mass is 16.5. The molecular formula is C14H22O3. The monoisotopic (exact) mass is 238 g/mol. The number of methoxy groups -OCH3 is 1. The molecule has 0 aliphatic heterocycles. The summed E-state index contributed by atoms with van der Waals surface area (Å²) in [6.45, 7) is 5.13. The summed E-state index contributed by atoms with van der Waals surface area (Å²) < 4.78 is 10.9. The molecule has 0 fully saturated rings. The Morgan fingerprint density at radius 1 is 1.24 bits per heavy atom. The lowest BCUT2D eigenvalue weighted by atomic mass is 10.1. The second-order valence-corrected chi connectivity index (χ2v) is 4.53. The summed E-state index contributed by atoms with van der Waals surface area (Å²) in [7, 11) is 1.61. The van der Waals surface area contributed by atoms with Crippen LogP contribution in [0.25, 0.3) is 0 Å². The highest BCUT2D eigenvalue weighted by Gasteiger charge is 2.05. The first-order valence-corrected chi connectivity index (χ1v) is 6.08. The highest BCUT2D eigenvalue weighted by molar-refractivity contribution is 5.42. The zero-order chi connectivity index (χ0) is 12.7. The predicted octanol–water partition coefficient (Wildman–Crippen LogP) is 3.00. The summed E-state index contributed by atoms with van der Waals surface area (Å²) in [6.07, 6.45) is 2.21. The summed E-state index contributed by atoms with van der Waals surface area (Å²) in [5, 5.41) is 9.03. The van der Waals surface area contributed by atoms with E-state index < -0.39 is 0 Å². The largest absolute Gasteiger partial charge is 0.493 e. The topological polar surface area (TPSA) is 38.7 Å². The maximum atomic E-state index is 9.03. The Morgan fingerprint density at radius 2 is 2.00 bits per heavy atom. The number of hydrogen-bond donors (Lipinski definition) is 1. The molecule has 1 aromatic rings. The molecule has 0 saturated carbocycles. The van der Waals surface area contributed by atoms with E-state index in [9.17, 15) is 0 Å². The fraction of sp³-hybridized carbons (Fsp3) is 0.571. The van der Waals surface area contributed by atoms with Crippen LogP contribution in [0.5, 0.6) is 11.5 Å². The maximum Gasteiger partial charge on any atom is 0.161 e. The van der Waals surface area contributed by atoms with E-state index in [1.807, 2.05) is 12.1 Å². The molecule has 0 unspecified atom stereocenters. The summed E-state index contributed by atoms with van der Waals surface area (Å²) in [5.41, 5.74) is 0.830. The number of aliphatic hydroxyl groups is 1. The molecule has 0 saturated heterocycles. The lowest BCUT2D eigenvalue weighted by molar-refractivity contribution is 0.272. The molecule has 96 valence electrons. The quantitative estimate of drug-likeness (QED) is 0.742. The van der Waals surface area contributed by atoms with Crippen molar-refractivity contribution < 1.29 is 14.6 Å². The van der Waals surface area contributed by atoms with Crippen LogP contribution in [-0.2, 0) is 6.61 Å². The molecule has 1 aromatic carbocycles. The predicted molar refractivity (Wildman–Crippen MR) is 68.5 cm³/mol. The van der Waals surface area contributed by atoms with Crippen LogP contribution in [0.15, 0.2) is 18.2 Å². The lowest BCUT2D eigenvalue weighted by Crippen LogP contribution is -2.01. The smallest absolute Gasteiger partial charge is 0.161 e. The Labute approximate surface area is 103 Å². The molecule has 0 amide bonds. The summed E-state index contributed by atoms with van der Waals surface area (Å²) in [6, 6.07) is 5.50. The molecule has 0 aliphatic carbocycles. The third-order valence-corrected chi connectivity index (χ3v) is 2.59. The van der Waals surface area contributed by atoms with E-state index in [-0.39, 0.29) is 6.61 Å². The van der Waals surface area contributed by atoms with Gasteiger partial charge >= 0.3 is 0 Å². The Hall–Kier alpha value is -1.22. The first-order chi connectivity index (χ1) is 8.17. The molecular weight excluding hydrogens is 216 g/mol. The van der Waals surface area contributed by atoms with Crippen LogP contribution in [0.1, 0.15) is 32.3 Å². The van der Waals surface area contributed by atoms with Crippen LogP contribution in [0, 0.1) is 5.92 Å². The number of rotatable bonds is 7. The zero-order valence-electron chi connectivity index (χ0n) is 10.9. The van der Waals surface area contributed by atoms with Crippen LogP contribution in [0.2, 0.25) is 0 Å². The Kier molecular flexibility index (Phi) is 5.84. The van der Waals surface area contributed by atoms with Gasteiger partial charge in [0.25, 0.3) is 0 Å². The number of hydrogen-bond acceptors (Lipinski definition) is 3. The van der Waals surface area contributed by atoms with Gasteiger partial charge in [0.1, 0.15) is 0 Å². The van der Waals surface area contributed by atoms with E-state index in [0.29, 0.717) is 18.3 Å². The van der Waals surface area contributed by atoms with Gasteiger partial charge in [0.05, 0.1) is 20.3 Å². The average molecular weight is 238 g/mol. The molecule has 3 heteroatoms. The van der Waals surface area contributed by atoms with Crippen molar-refractivity contribution in [3.63, 3.8) is 0 Å². The number of benzene rings is 1. The van der Waals surface area contributed by atoms with Gasteiger partial charge < -0.3 is 14.6 Å². The van der Waals surface area contributed by atoms with Crippen molar-refractivity contribution in [3.05, 3.63) is 23.8 Å². The average Bonchev–Trinajstić information content (AvgIpc) is 2.34. The van der Waals surface area contributed by atoms with Gasteiger partial charge in [-0.05, 0) is 36.5 Å². The van der Waals surface area contributed by atoms with Crippen molar-refractivity contribution >= 4 is 0 Å². The van der Waals surface area contributed by atoms with Gasteiger partial charge in [0.2, 0.25) is 0 Å². The Morgan fingerprint density at radius 3 is 2.59 bits per heavy atom. The second kappa shape index (κ2) is 7.17. The molecule has 1 N–H and O–H groups in total. The lowest BCUT2D eigenvalue weighted by Gasteiger charge is -2.12. The van der Waals surface area contributed by atoms with E-state index in [4.69, 9.17) is 14.6 Å². The van der Waals surface area contributed by atoms with Gasteiger partial charge in [-0.25, -0.2) is 0 Å². The fourth-order valence-electron chi connectivity index (χ4n) is 1.60. The third kappa shape index (κ3) is 4.65. The zero-order valence-corrected chi connectivity index (χ0v) is 10.9. The summed E-state index contributed by atoms with van der Waals surface area (Å²) in [4.78, 5) is 0. The minimum Gasteiger partial charge on any atom is -0.493 e. The molecule has 0 heterocycles. The molecule has 0 aromatic heterocycles. The molecule has 1 rings (SSSR count). The number of ether oxygens (including phenoxy) is 2. The number of aliphatic hydroxyl groups excluding tert-OH is 1. The van der Waals surface area contributed by atoms with E-state index in [1.54, 1.807) is 13.2 Å². The molecule has 3 nitrogen and oxygen atoms in total. The summed E-state index contributed by atoms with van der Waals surface area (Å²) >= 11 is 0. The van der Waals surface area contributed by atoms with Crippen LogP contribution in [0.4, 0.5) is 0 Å². The van der Waals surface area contributed by atoms with Gasteiger partial charge in [-0.3, -0.25) is 0 Å². The SMILES string of the molecule is COc1cc(CO)ccc1OCCCC(C)C. The minimum absolute atomic E-state index is 0.0178. The first-order valence-electron chi connectivity index (χ1n) is 6.08. The van der Waals surface area contributed by atoms with Crippen molar-refractivity contribution in [2.24, 2.45) is 5.92 Å². The highest BCUT2D eigenvalue weighted by Crippen LogP contribution is 2.28. The van der Waals surface area contributed by atoms with Crippen LogP contribution < -0.4 is 9.47 Å². The molecule has 0 atom stereocenters. The van der Waals surface area contributed by atoms with Crippen molar-refractivity contribution in [1.29, 1.82) is 0 Å². The van der Waals surface area contributed by atoms with Crippen LogP contribution in [0.3, 0.4) is 0 Å². The Bertz CT molecular complexity index is 334. The van der Waals surface area contributed by atoms with Crippen LogP contribution >= 0.6 is 0 Å². The first kappa shape index (κ1) is 13.8. The standard InChI is InChI=1S/C14H22O3/c1-11(2)5-4-8-17-13-7-6-12(10-15)9-14(13)16-3/h6-7,9,11,15H,4-5,8,10H2,1-3H3. The third-order valence-electron chi connectivity index (χ3n) is 2.59. The van der Waals surface area contributed by atoms with E-state index >= 15 is 0 Å². The minimum atomic E-state index is 0.0178. The van der Waals surface area contributed by atoms with Crippen molar-refractivity contribution in [2.75, 3.05) is 13.7 Å².